The highest BCUT2D eigenvalue weighted by Crippen LogP contribution is 2.31. The normalized spacial score (nSPS) is 13.6. The molecule has 0 unspecified atom stereocenters. The van der Waals surface area contributed by atoms with E-state index in [1.54, 1.807) is 31.2 Å². The number of rotatable bonds is 5. The molecule has 0 saturated carbocycles. The molecule has 3 rings (SSSR count). The Labute approximate surface area is 152 Å². The lowest BCUT2D eigenvalue weighted by molar-refractivity contribution is -0.142. The Morgan fingerprint density at radius 1 is 0.885 bits per heavy atom. The van der Waals surface area contributed by atoms with E-state index in [4.69, 9.17) is 4.74 Å². The Balaban J connectivity index is 2.09. The Kier molecular flexibility index (Phi) is 5.12. The number of aryl methyl sites for hydroxylation is 1. The average Bonchev–Trinajstić information content (AvgIpc) is 2.64. The second kappa shape index (κ2) is 7.48. The Hall–Kier alpha value is -3.01. The number of Topliss-reactive ketones (excluding diaryl/α,β-unsaturated/α-hetero) is 2. The van der Waals surface area contributed by atoms with Gasteiger partial charge in [-0.25, -0.2) is 0 Å². The van der Waals surface area contributed by atoms with Gasteiger partial charge in [-0.15, -0.1) is 0 Å². The van der Waals surface area contributed by atoms with E-state index in [1.807, 2.05) is 31.2 Å². The van der Waals surface area contributed by atoms with E-state index in [2.05, 4.69) is 0 Å². The molecule has 0 bridgehead atoms. The molecule has 0 fully saturated rings. The predicted octanol–water partition coefficient (Wildman–Crippen LogP) is 3.87. The number of ketones is 2. The van der Waals surface area contributed by atoms with Crippen LogP contribution in [-0.2, 0) is 16.0 Å². The Morgan fingerprint density at radius 3 is 2.08 bits per heavy atom. The van der Waals surface area contributed by atoms with Crippen LogP contribution in [0.1, 0.15) is 45.2 Å². The Morgan fingerprint density at radius 2 is 1.46 bits per heavy atom. The van der Waals surface area contributed by atoms with Crippen molar-refractivity contribution >= 4 is 17.5 Å². The van der Waals surface area contributed by atoms with Gasteiger partial charge in [-0.3, -0.25) is 14.4 Å². The molecule has 4 nitrogen and oxygen atoms in total. The lowest BCUT2D eigenvalue weighted by atomic mass is 9.80. The first-order chi connectivity index (χ1) is 12.5. The van der Waals surface area contributed by atoms with Gasteiger partial charge in [0.1, 0.15) is 0 Å². The van der Waals surface area contributed by atoms with Gasteiger partial charge in [0.15, 0.2) is 11.6 Å². The minimum atomic E-state index is -0.495. The quantitative estimate of drug-likeness (QED) is 0.770. The van der Waals surface area contributed by atoms with Crippen LogP contribution >= 0.6 is 0 Å². The van der Waals surface area contributed by atoms with Crippen LogP contribution < -0.4 is 0 Å². The summed E-state index contributed by atoms with van der Waals surface area (Å²) in [6.45, 7) is 3.91. The van der Waals surface area contributed by atoms with Gasteiger partial charge in [0.05, 0.1) is 13.0 Å². The van der Waals surface area contributed by atoms with Gasteiger partial charge in [0, 0.05) is 28.7 Å². The van der Waals surface area contributed by atoms with Crippen molar-refractivity contribution in [3.05, 3.63) is 81.9 Å². The van der Waals surface area contributed by atoms with Crippen molar-refractivity contribution in [2.24, 2.45) is 0 Å². The van der Waals surface area contributed by atoms with Crippen LogP contribution in [0.3, 0.4) is 0 Å². The fourth-order valence-corrected chi connectivity index (χ4v) is 3.21. The fourth-order valence-electron chi connectivity index (χ4n) is 3.21. The number of carbonyl (C=O) groups excluding carboxylic acids is 3. The predicted molar refractivity (Wildman–Crippen MR) is 98.3 cm³/mol. The van der Waals surface area contributed by atoms with E-state index in [9.17, 15) is 14.4 Å². The molecule has 4 heteroatoms. The molecule has 26 heavy (non-hydrogen) atoms. The van der Waals surface area contributed by atoms with Gasteiger partial charge < -0.3 is 4.74 Å². The van der Waals surface area contributed by atoms with E-state index < -0.39 is 5.97 Å². The van der Waals surface area contributed by atoms with Crippen LogP contribution in [0.5, 0.6) is 0 Å². The van der Waals surface area contributed by atoms with Crippen molar-refractivity contribution in [2.75, 3.05) is 6.61 Å². The molecule has 0 aliphatic heterocycles. The second-order valence-corrected chi connectivity index (χ2v) is 6.25. The topological polar surface area (TPSA) is 60.4 Å². The summed E-state index contributed by atoms with van der Waals surface area (Å²) in [7, 11) is 0. The van der Waals surface area contributed by atoms with E-state index >= 15 is 0 Å². The third-order valence-corrected chi connectivity index (χ3v) is 4.58. The van der Waals surface area contributed by atoms with Crippen LogP contribution in [-0.4, -0.2) is 24.1 Å². The van der Waals surface area contributed by atoms with E-state index in [0.717, 1.165) is 11.1 Å². The van der Waals surface area contributed by atoms with Crippen molar-refractivity contribution < 1.29 is 19.1 Å². The minimum absolute atomic E-state index is 0.187. The first-order valence-corrected chi connectivity index (χ1v) is 8.63. The van der Waals surface area contributed by atoms with Gasteiger partial charge in [-0.2, -0.15) is 0 Å². The second-order valence-electron chi connectivity index (χ2n) is 6.25. The molecule has 0 radical (unpaired) electrons. The van der Waals surface area contributed by atoms with Crippen LogP contribution in [0.2, 0.25) is 0 Å². The molecule has 0 N–H and O–H groups in total. The number of allylic oxidation sites excluding steroid dienone is 1. The summed E-state index contributed by atoms with van der Waals surface area (Å²) >= 11 is 0. The smallest absolute Gasteiger partial charge is 0.310 e. The maximum absolute atomic E-state index is 13.1. The molecule has 132 valence electrons. The summed E-state index contributed by atoms with van der Waals surface area (Å²) < 4.78 is 5.00. The zero-order valence-corrected chi connectivity index (χ0v) is 14.9. The van der Waals surface area contributed by atoms with Crippen LogP contribution in [0.4, 0.5) is 0 Å². The number of ether oxygens (including phenoxy) is 1. The maximum atomic E-state index is 13.1. The molecule has 0 atom stereocenters. The lowest BCUT2D eigenvalue weighted by Crippen LogP contribution is -2.25. The summed E-state index contributed by atoms with van der Waals surface area (Å²) in [4.78, 5) is 38.1. The van der Waals surface area contributed by atoms with Crippen molar-refractivity contribution in [3.63, 3.8) is 0 Å². The van der Waals surface area contributed by atoms with Crippen molar-refractivity contribution in [1.29, 1.82) is 0 Å². The van der Waals surface area contributed by atoms with Crippen molar-refractivity contribution in [2.45, 2.75) is 26.7 Å². The number of benzene rings is 2. The first-order valence-electron chi connectivity index (χ1n) is 8.63. The molecule has 0 amide bonds. The van der Waals surface area contributed by atoms with E-state index in [0.29, 0.717) is 23.1 Å². The standard InChI is InChI=1S/C22H20O4/c1-3-26-20(23)13-19-18(12-15-9-5-4-8-14(15)2)21(24)16-10-6-7-11-17(16)22(19)25/h4-11H,3,12-13H2,1-2H3. The zero-order chi connectivity index (χ0) is 18.7. The molecule has 0 heterocycles. The molecular formula is C22H20O4. The Bertz CT molecular complexity index is 921. The zero-order valence-electron chi connectivity index (χ0n) is 14.9. The van der Waals surface area contributed by atoms with Crippen LogP contribution in [0, 0.1) is 6.92 Å². The fraction of sp³-hybridized carbons (Fsp3) is 0.227. The number of hydrogen-bond acceptors (Lipinski definition) is 4. The minimum Gasteiger partial charge on any atom is -0.466 e. The number of fused-ring (bicyclic) bond motifs is 1. The van der Waals surface area contributed by atoms with Gasteiger partial charge in [0.25, 0.3) is 0 Å². The summed E-state index contributed by atoms with van der Waals surface area (Å²) in [5.41, 5.74) is 3.38. The monoisotopic (exact) mass is 348 g/mol. The molecule has 0 saturated heterocycles. The largest absolute Gasteiger partial charge is 0.466 e. The highest BCUT2D eigenvalue weighted by Gasteiger charge is 2.33. The molecular weight excluding hydrogens is 328 g/mol. The van der Waals surface area contributed by atoms with Crippen LogP contribution in [0.25, 0.3) is 0 Å². The third kappa shape index (κ3) is 3.36. The maximum Gasteiger partial charge on any atom is 0.310 e. The summed E-state index contributed by atoms with van der Waals surface area (Å²) in [6, 6.07) is 14.5. The first kappa shape index (κ1) is 17.8. The van der Waals surface area contributed by atoms with Crippen LogP contribution in [0.15, 0.2) is 59.7 Å². The molecule has 2 aromatic rings. The third-order valence-electron chi connectivity index (χ3n) is 4.58. The highest BCUT2D eigenvalue weighted by atomic mass is 16.5. The summed E-state index contributed by atoms with van der Waals surface area (Å²) in [6.07, 6.45) is 0.133. The molecule has 1 aliphatic rings. The number of hydrogen-bond donors (Lipinski definition) is 0. The summed E-state index contributed by atoms with van der Waals surface area (Å²) in [5.74, 6) is -0.954. The van der Waals surface area contributed by atoms with E-state index in [-0.39, 0.29) is 30.2 Å². The SMILES string of the molecule is CCOC(=O)CC1=C(Cc2ccccc2C)C(=O)c2ccccc2C1=O. The van der Waals surface area contributed by atoms with Gasteiger partial charge >= 0.3 is 5.97 Å². The number of esters is 1. The van der Waals surface area contributed by atoms with Gasteiger partial charge in [0.2, 0.25) is 0 Å². The van der Waals surface area contributed by atoms with Crippen molar-refractivity contribution in [3.8, 4) is 0 Å². The molecule has 1 aliphatic carbocycles. The molecule has 0 spiro atoms. The van der Waals surface area contributed by atoms with Crippen molar-refractivity contribution in [1.82, 2.24) is 0 Å². The molecule has 2 aromatic carbocycles. The summed E-state index contributed by atoms with van der Waals surface area (Å²) in [5, 5.41) is 0. The van der Waals surface area contributed by atoms with Gasteiger partial charge in [-0.05, 0) is 25.0 Å². The molecule has 0 aromatic heterocycles. The lowest BCUT2D eigenvalue weighted by Gasteiger charge is -2.21. The van der Waals surface area contributed by atoms with E-state index in [1.165, 1.54) is 0 Å². The average molecular weight is 348 g/mol. The highest BCUT2D eigenvalue weighted by molar-refractivity contribution is 6.27. The van der Waals surface area contributed by atoms with Gasteiger partial charge in [-0.1, -0.05) is 48.5 Å². The number of carbonyl (C=O) groups is 3.